The van der Waals surface area contributed by atoms with Crippen LogP contribution < -0.4 is 0 Å². The van der Waals surface area contributed by atoms with E-state index in [-0.39, 0.29) is 0 Å². The summed E-state index contributed by atoms with van der Waals surface area (Å²) >= 11 is 3.02. The first-order valence-corrected chi connectivity index (χ1v) is 3.51. The Morgan fingerprint density at radius 3 is 2.45 bits per heavy atom. The summed E-state index contributed by atoms with van der Waals surface area (Å²) in [4.78, 5) is 3.30. The third-order valence-electron chi connectivity index (χ3n) is 1.04. The summed E-state index contributed by atoms with van der Waals surface area (Å²) in [5.74, 6) is 0. The summed E-state index contributed by atoms with van der Waals surface area (Å²) in [5.41, 5.74) is -0.652. The van der Waals surface area contributed by atoms with Crippen LogP contribution in [0.4, 0.5) is 8.78 Å². The van der Waals surface area contributed by atoms with E-state index in [9.17, 15) is 8.78 Å². The maximum Gasteiger partial charge on any atom is 0.397 e. The molecule has 0 fully saturated rings. The minimum atomic E-state index is -3.85. The van der Waals surface area contributed by atoms with Gasteiger partial charge in [0.25, 0.3) is 0 Å². The molecule has 0 spiro atoms. The number of pyridine rings is 1. The van der Waals surface area contributed by atoms with Crippen molar-refractivity contribution in [1.29, 1.82) is 0 Å². The zero-order chi connectivity index (χ0) is 8.48. The SMILES string of the molecule is OC(F)(F)c1ccc(Br)cn1. The third-order valence-corrected chi connectivity index (χ3v) is 1.50. The average Bonchev–Trinajstić information content (AvgIpc) is 1.86. The van der Waals surface area contributed by atoms with E-state index < -0.39 is 11.8 Å². The highest BCUT2D eigenvalue weighted by Crippen LogP contribution is 2.22. The summed E-state index contributed by atoms with van der Waals surface area (Å²) in [6.07, 6.45) is -2.65. The summed E-state index contributed by atoms with van der Waals surface area (Å²) in [5, 5.41) is 8.17. The lowest BCUT2D eigenvalue weighted by Crippen LogP contribution is -2.13. The Hall–Kier alpha value is -0.550. The molecule has 0 saturated carbocycles. The highest BCUT2D eigenvalue weighted by Gasteiger charge is 2.28. The second-order valence-electron chi connectivity index (χ2n) is 1.90. The fourth-order valence-electron chi connectivity index (χ4n) is 0.554. The first kappa shape index (κ1) is 8.55. The number of nitrogens with zero attached hydrogens (tertiary/aromatic N) is 1. The molecule has 5 heteroatoms. The Morgan fingerprint density at radius 2 is 2.09 bits per heavy atom. The van der Waals surface area contributed by atoms with E-state index >= 15 is 0 Å². The van der Waals surface area contributed by atoms with Crippen LogP contribution in [-0.2, 0) is 6.11 Å². The maximum atomic E-state index is 12.1. The summed E-state index contributed by atoms with van der Waals surface area (Å²) in [6.45, 7) is 0. The Balaban J connectivity index is 2.99. The number of hydrogen-bond acceptors (Lipinski definition) is 2. The van der Waals surface area contributed by atoms with Crippen molar-refractivity contribution in [2.24, 2.45) is 0 Å². The van der Waals surface area contributed by atoms with Crippen LogP contribution in [0.2, 0.25) is 0 Å². The van der Waals surface area contributed by atoms with Gasteiger partial charge in [0.2, 0.25) is 0 Å². The van der Waals surface area contributed by atoms with Gasteiger partial charge in [0.1, 0.15) is 5.69 Å². The van der Waals surface area contributed by atoms with Crippen molar-refractivity contribution in [3.8, 4) is 0 Å². The van der Waals surface area contributed by atoms with Crippen molar-refractivity contribution in [3.63, 3.8) is 0 Å². The molecule has 0 radical (unpaired) electrons. The van der Waals surface area contributed by atoms with E-state index in [1.807, 2.05) is 0 Å². The Kier molecular flexibility index (Phi) is 2.20. The quantitative estimate of drug-likeness (QED) is 0.789. The summed E-state index contributed by atoms with van der Waals surface area (Å²) in [6, 6.07) is 2.43. The van der Waals surface area contributed by atoms with Crippen molar-refractivity contribution in [2.45, 2.75) is 6.11 Å². The number of aliphatic hydroxyl groups is 1. The zero-order valence-electron chi connectivity index (χ0n) is 5.26. The number of hydrogen-bond donors (Lipinski definition) is 1. The molecule has 0 aliphatic heterocycles. The highest BCUT2D eigenvalue weighted by atomic mass is 79.9. The van der Waals surface area contributed by atoms with Gasteiger partial charge in [-0.15, -0.1) is 0 Å². The topological polar surface area (TPSA) is 33.1 Å². The predicted molar refractivity (Wildman–Crippen MR) is 38.0 cm³/mol. The molecular weight excluding hydrogens is 220 g/mol. The fraction of sp³-hybridized carbons (Fsp3) is 0.167. The van der Waals surface area contributed by atoms with Gasteiger partial charge >= 0.3 is 6.11 Å². The van der Waals surface area contributed by atoms with Crippen LogP contribution in [-0.4, -0.2) is 10.1 Å². The smallest absolute Gasteiger partial charge is 0.331 e. The molecule has 1 N–H and O–H groups in total. The minimum Gasteiger partial charge on any atom is -0.331 e. The number of alkyl halides is 2. The Morgan fingerprint density at radius 1 is 1.45 bits per heavy atom. The molecule has 1 aromatic heterocycles. The predicted octanol–water partition coefficient (Wildman–Crippen LogP) is 1.89. The van der Waals surface area contributed by atoms with Crippen LogP contribution in [0.25, 0.3) is 0 Å². The van der Waals surface area contributed by atoms with E-state index in [0.29, 0.717) is 4.47 Å². The van der Waals surface area contributed by atoms with Gasteiger partial charge in [-0.2, -0.15) is 8.78 Å². The van der Waals surface area contributed by atoms with E-state index in [4.69, 9.17) is 5.11 Å². The molecule has 1 aromatic rings. The Bertz CT molecular complexity index is 244. The normalized spacial score (nSPS) is 11.6. The first-order chi connectivity index (χ1) is 5.00. The van der Waals surface area contributed by atoms with Crippen molar-refractivity contribution < 1.29 is 13.9 Å². The minimum absolute atomic E-state index is 0.588. The van der Waals surface area contributed by atoms with E-state index in [2.05, 4.69) is 20.9 Å². The molecule has 0 aromatic carbocycles. The molecule has 11 heavy (non-hydrogen) atoms. The molecule has 0 unspecified atom stereocenters. The lowest BCUT2D eigenvalue weighted by molar-refractivity contribution is -0.211. The van der Waals surface area contributed by atoms with Gasteiger partial charge in [0.05, 0.1) is 0 Å². The standard InChI is InChI=1S/C6H4BrF2NO/c7-4-1-2-5(10-3-4)6(8,9)11/h1-3,11H. The number of aromatic nitrogens is 1. The van der Waals surface area contributed by atoms with Gasteiger partial charge < -0.3 is 5.11 Å². The van der Waals surface area contributed by atoms with Gasteiger partial charge in [-0.3, -0.25) is 4.98 Å². The summed E-state index contributed by atoms with van der Waals surface area (Å²) in [7, 11) is 0. The van der Waals surface area contributed by atoms with Crippen LogP contribution in [0, 0.1) is 0 Å². The fourth-order valence-corrected chi connectivity index (χ4v) is 0.788. The lowest BCUT2D eigenvalue weighted by atomic mass is 10.3. The van der Waals surface area contributed by atoms with Crippen LogP contribution in [0.15, 0.2) is 22.8 Å². The van der Waals surface area contributed by atoms with Gasteiger partial charge in [0.15, 0.2) is 0 Å². The van der Waals surface area contributed by atoms with Gasteiger partial charge in [0, 0.05) is 10.7 Å². The zero-order valence-corrected chi connectivity index (χ0v) is 6.85. The van der Waals surface area contributed by atoms with Crippen LogP contribution in [0.5, 0.6) is 0 Å². The highest BCUT2D eigenvalue weighted by molar-refractivity contribution is 9.10. The largest absolute Gasteiger partial charge is 0.397 e. The number of halogens is 3. The van der Waals surface area contributed by atoms with Crippen LogP contribution >= 0.6 is 15.9 Å². The van der Waals surface area contributed by atoms with E-state index in [1.165, 1.54) is 12.3 Å². The van der Waals surface area contributed by atoms with E-state index in [1.54, 1.807) is 0 Å². The second-order valence-corrected chi connectivity index (χ2v) is 2.82. The third kappa shape index (κ3) is 2.20. The van der Waals surface area contributed by atoms with Gasteiger partial charge in [-0.25, -0.2) is 0 Å². The first-order valence-electron chi connectivity index (χ1n) is 2.72. The van der Waals surface area contributed by atoms with Crippen LogP contribution in [0.1, 0.15) is 5.69 Å². The molecule has 0 amide bonds. The summed E-state index contributed by atoms with van der Waals surface area (Å²) < 4.78 is 24.7. The molecule has 0 aliphatic carbocycles. The van der Waals surface area contributed by atoms with Crippen molar-refractivity contribution in [3.05, 3.63) is 28.5 Å². The molecular formula is C6H4BrF2NO. The molecule has 1 rings (SSSR count). The molecule has 0 atom stereocenters. The maximum absolute atomic E-state index is 12.1. The Labute approximate surface area is 70.0 Å². The van der Waals surface area contributed by atoms with Gasteiger partial charge in [-0.05, 0) is 28.1 Å². The lowest BCUT2D eigenvalue weighted by Gasteiger charge is -2.06. The second kappa shape index (κ2) is 2.83. The molecule has 0 bridgehead atoms. The molecule has 2 nitrogen and oxygen atoms in total. The number of rotatable bonds is 1. The molecule has 0 aliphatic rings. The molecule has 60 valence electrons. The van der Waals surface area contributed by atoms with Crippen LogP contribution in [0.3, 0.4) is 0 Å². The van der Waals surface area contributed by atoms with Crippen molar-refractivity contribution in [2.75, 3.05) is 0 Å². The molecule has 1 heterocycles. The average molecular weight is 224 g/mol. The van der Waals surface area contributed by atoms with Crippen molar-refractivity contribution in [1.82, 2.24) is 4.98 Å². The molecule has 0 saturated heterocycles. The van der Waals surface area contributed by atoms with Gasteiger partial charge in [-0.1, -0.05) is 0 Å². The van der Waals surface area contributed by atoms with Crippen molar-refractivity contribution >= 4 is 15.9 Å². The van der Waals surface area contributed by atoms with E-state index in [0.717, 1.165) is 6.07 Å². The monoisotopic (exact) mass is 223 g/mol.